The molecule has 8 heteroatoms. The van der Waals surface area contributed by atoms with Crippen LogP contribution in [-0.2, 0) is 14.8 Å². The van der Waals surface area contributed by atoms with E-state index in [2.05, 4.69) is 0 Å². The maximum absolute atomic E-state index is 13.3. The fourth-order valence-corrected chi connectivity index (χ4v) is 4.16. The van der Waals surface area contributed by atoms with E-state index in [4.69, 9.17) is 4.74 Å². The van der Waals surface area contributed by atoms with Crippen LogP contribution in [0.2, 0.25) is 0 Å². The van der Waals surface area contributed by atoms with Crippen LogP contribution in [0.15, 0.2) is 59.5 Å². The number of rotatable bonds is 5. The van der Waals surface area contributed by atoms with Gasteiger partial charge in [-0.3, -0.25) is 4.79 Å². The zero-order chi connectivity index (χ0) is 18.6. The van der Waals surface area contributed by atoms with Gasteiger partial charge in [0.05, 0.1) is 4.90 Å². The van der Waals surface area contributed by atoms with Crippen molar-refractivity contribution in [2.24, 2.45) is 0 Å². The molecule has 1 amide bonds. The van der Waals surface area contributed by atoms with Gasteiger partial charge in [-0.05, 0) is 30.3 Å². The number of hydrogen-bond donors (Lipinski definition) is 0. The molecule has 1 saturated heterocycles. The van der Waals surface area contributed by atoms with E-state index in [1.54, 1.807) is 17.0 Å². The van der Waals surface area contributed by atoms with Crippen LogP contribution in [0.25, 0.3) is 0 Å². The Balaban J connectivity index is 1.56. The van der Waals surface area contributed by atoms with Gasteiger partial charge in [0.15, 0.2) is 6.61 Å². The standard InChI is InChI=1S/C18H19FN2O4S/c19-15-5-4-8-17(13-15)26(23,24)21-11-9-20(10-12-21)18(22)14-25-16-6-2-1-3-7-16/h1-8,13H,9-12,14H2. The van der Waals surface area contributed by atoms with Crippen molar-refractivity contribution in [1.29, 1.82) is 0 Å². The Morgan fingerprint density at radius 1 is 1.00 bits per heavy atom. The Bertz CT molecular complexity index is 866. The third-order valence-electron chi connectivity index (χ3n) is 4.13. The van der Waals surface area contributed by atoms with Crippen LogP contribution < -0.4 is 4.74 Å². The smallest absolute Gasteiger partial charge is 0.260 e. The number of sulfonamides is 1. The molecule has 0 aromatic heterocycles. The van der Waals surface area contributed by atoms with Gasteiger partial charge in [0.25, 0.3) is 5.91 Å². The summed E-state index contributed by atoms with van der Waals surface area (Å²) in [5, 5.41) is 0. The van der Waals surface area contributed by atoms with Crippen LogP contribution >= 0.6 is 0 Å². The van der Waals surface area contributed by atoms with E-state index in [-0.39, 0.29) is 43.6 Å². The van der Waals surface area contributed by atoms with Gasteiger partial charge in [-0.1, -0.05) is 24.3 Å². The summed E-state index contributed by atoms with van der Waals surface area (Å²) in [5.41, 5.74) is 0. The van der Waals surface area contributed by atoms with Crippen LogP contribution in [0.3, 0.4) is 0 Å². The number of halogens is 1. The molecule has 1 fully saturated rings. The van der Waals surface area contributed by atoms with E-state index in [1.807, 2.05) is 18.2 Å². The summed E-state index contributed by atoms with van der Waals surface area (Å²) in [6.45, 7) is 0.767. The normalized spacial score (nSPS) is 15.7. The Hall–Kier alpha value is -2.45. The van der Waals surface area contributed by atoms with Crippen molar-refractivity contribution in [3.05, 3.63) is 60.4 Å². The molecule has 26 heavy (non-hydrogen) atoms. The van der Waals surface area contributed by atoms with Crippen molar-refractivity contribution in [3.63, 3.8) is 0 Å². The summed E-state index contributed by atoms with van der Waals surface area (Å²) >= 11 is 0. The highest BCUT2D eigenvalue weighted by atomic mass is 32.2. The molecule has 0 radical (unpaired) electrons. The number of nitrogens with zero attached hydrogens (tertiary/aromatic N) is 2. The predicted octanol–water partition coefficient (Wildman–Crippen LogP) is 1.74. The van der Waals surface area contributed by atoms with E-state index in [9.17, 15) is 17.6 Å². The largest absolute Gasteiger partial charge is 0.484 e. The summed E-state index contributed by atoms with van der Waals surface area (Å²) in [5.74, 6) is -0.192. The number of amides is 1. The highest BCUT2D eigenvalue weighted by molar-refractivity contribution is 7.89. The van der Waals surface area contributed by atoms with E-state index >= 15 is 0 Å². The van der Waals surface area contributed by atoms with Crippen molar-refractivity contribution in [3.8, 4) is 5.75 Å². The molecule has 6 nitrogen and oxygen atoms in total. The van der Waals surface area contributed by atoms with Crippen LogP contribution in [0.4, 0.5) is 4.39 Å². The first-order valence-corrected chi connectivity index (χ1v) is 9.62. The number of piperazine rings is 1. The second kappa shape index (κ2) is 7.84. The number of benzene rings is 2. The molecule has 0 unspecified atom stereocenters. The van der Waals surface area contributed by atoms with E-state index in [0.29, 0.717) is 5.75 Å². The first-order chi connectivity index (χ1) is 12.5. The molecular formula is C18H19FN2O4S. The van der Waals surface area contributed by atoms with Gasteiger partial charge in [-0.15, -0.1) is 0 Å². The average Bonchev–Trinajstić information content (AvgIpc) is 2.67. The number of hydrogen-bond acceptors (Lipinski definition) is 4. The average molecular weight is 378 g/mol. The molecule has 1 aliphatic rings. The minimum absolute atomic E-state index is 0.0790. The van der Waals surface area contributed by atoms with Crippen molar-refractivity contribution in [2.45, 2.75) is 4.90 Å². The second-order valence-corrected chi connectivity index (χ2v) is 7.78. The summed E-state index contributed by atoms with van der Waals surface area (Å²) in [6, 6.07) is 13.9. The summed E-state index contributed by atoms with van der Waals surface area (Å²) in [6.07, 6.45) is 0. The molecule has 0 N–H and O–H groups in total. The first-order valence-electron chi connectivity index (χ1n) is 8.18. The maximum atomic E-state index is 13.3. The highest BCUT2D eigenvalue weighted by Crippen LogP contribution is 2.18. The fourth-order valence-electron chi connectivity index (χ4n) is 2.71. The minimum atomic E-state index is -3.76. The molecular weight excluding hydrogens is 359 g/mol. The topological polar surface area (TPSA) is 66.9 Å². The molecule has 0 saturated carbocycles. The summed E-state index contributed by atoms with van der Waals surface area (Å²) in [7, 11) is -3.76. The van der Waals surface area contributed by atoms with Crippen molar-refractivity contribution in [2.75, 3.05) is 32.8 Å². The SMILES string of the molecule is O=C(COc1ccccc1)N1CCN(S(=O)(=O)c2cccc(F)c2)CC1. The Kier molecular flexibility index (Phi) is 5.53. The van der Waals surface area contributed by atoms with Crippen molar-refractivity contribution in [1.82, 2.24) is 9.21 Å². The Morgan fingerprint density at radius 2 is 1.69 bits per heavy atom. The molecule has 2 aromatic rings. The van der Waals surface area contributed by atoms with Crippen LogP contribution in [0, 0.1) is 5.82 Å². The molecule has 0 aliphatic carbocycles. The van der Waals surface area contributed by atoms with Gasteiger partial charge in [0, 0.05) is 26.2 Å². The van der Waals surface area contributed by atoms with E-state index in [0.717, 1.165) is 6.07 Å². The van der Waals surface area contributed by atoms with Gasteiger partial charge in [-0.25, -0.2) is 12.8 Å². The zero-order valence-corrected chi connectivity index (χ0v) is 14.9. The second-order valence-electron chi connectivity index (χ2n) is 5.84. The van der Waals surface area contributed by atoms with Gasteiger partial charge >= 0.3 is 0 Å². The number of carbonyl (C=O) groups excluding carboxylic acids is 1. The summed E-state index contributed by atoms with van der Waals surface area (Å²) in [4.78, 5) is 13.7. The monoisotopic (exact) mass is 378 g/mol. The Morgan fingerprint density at radius 3 is 2.35 bits per heavy atom. The van der Waals surface area contributed by atoms with Gasteiger partial charge in [-0.2, -0.15) is 4.31 Å². The molecule has 0 spiro atoms. The zero-order valence-electron chi connectivity index (χ0n) is 14.0. The highest BCUT2D eigenvalue weighted by Gasteiger charge is 2.30. The van der Waals surface area contributed by atoms with Crippen molar-refractivity contribution >= 4 is 15.9 Å². The third kappa shape index (κ3) is 4.20. The molecule has 3 rings (SSSR count). The quantitative estimate of drug-likeness (QED) is 0.795. The molecule has 1 heterocycles. The van der Waals surface area contributed by atoms with Crippen LogP contribution in [-0.4, -0.2) is 56.3 Å². The van der Waals surface area contributed by atoms with E-state index < -0.39 is 15.8 Å². The first kappa shape index (κ1) is 18.3. The molecule has 138 valence electrons. The fraction of sp³-hybridized carbons (Fsp3) is 0.278. The van der Waals surface area contributed by atoms with Gasteiger partial charge in [0.1, 0.15) is 11.6 Å². The van der Waals surface area contributed by atoms with Crippen molar-refractivity contribution < 1.29 is 22.3 Å². The number of para-hydroxylation sites is 1. The third-order valence-corrected chi connectivity index (χ3v) is 6.03. The van der Waals surface area contributed by atoms with Crippen LogP contribution in [0.1, 0.15) is 0 Å². The predicted molar refractivity (Wildman–Crippen MR) is 93.7 cm³/mol. The number of ether oxygens (including phenoxy) is 1. The molecule has 0 bridgehead atoms. The minimum Gasteiger partial charge on any atom is -0.484 e. The van der Waals surface area contributed by atoms with E-state index in [1.165, 1.54) is 22.5 Å². The lowest BCUT2D eigenvalue weighted by Gasteiger charge is -2.34. The van der Waals surface area contributed by atoms with Gasteiger partial charge < -0.3 is 9.64 Å². The van der Waals surface area contributed by atoms with Crippen LogP contribution in [0.5, 0.6) is 5.75 Å². The lowest BCUT2D eigenvalue weighted by Crippen LogP contribution is -2.51. The molecule has 1 aliphatic heterocycles. The number of carbonyl (C=O) groups is 1. The van der Waals surface area contributed by atoms with Gasteiger partial charge in [0.2, 0.25) is 10.0 Å². The maximum Gasteiger partial charge on any atom is 0.260 e. The molecule has 2 aromatic carbocycles. The molecule has 0 atom stereocenters. The lowest BCUT2D eigenvalue weighted by atomic mass is 10.3. The Labute approximate surface area is 151 Å². The lowest BCUT2D eigenvalue weighted by molar-refractivity contribution is -0.134. The summed E-state index contributed by atoms with van der Waals surface area (Å²) < 4.78 is 45.1.